The fourth-order valence-electron chi connectivity index (χ4n) is 3.08. The fraction of sp³-hybridized carbons (Fsp3) is 0.208. The van der Waals surface area contributed by atoms with Crippen LogP contribution < -0.4 is 14.8 Å². The second-order valence-corrected chi connectivity index (χ2v) is 8.97. The first-order valence-electron chi connectivity index (χ1n) is 9.94. The molecule has 0 aromatic heterocycles. The van der Waals surface area contributed by atoms with Crippen LogP contribution in [0.25, 0.3) is 0 Å². The minimum absolute atomic E-state index is 0.134. The van der Waals surface area contributed by atoms with Gasteiger partial charge in [-0.25, -0.2) is 13.1 Å². The third kappa shape index (κ3) is 6.41. The molecule has 0 unspecified atom stereocenters. The normalized spacial score (nSPS) is 11.2. The van der Waals surface area contributed by atoms with Crippen LogP contribution in [-0.2, 0) is 27.8 Å². The SMILES string of the molecule is COc1ccc(C)cc1NC(=O)CCc1ccc(S(=O)(=O)NCc2ccccc2)cc1. The lowest BCUT2D eigenvalue weighted by Crippen LogP contribution is -2.23. The van der Waals surface area contributed by atoms with Gasteiger partial charge >= 0.3 is 0 Å². The van der Waals surface area contributed by atoms with Gasteiger partial charge in [0.2, 0.25) is 15.9 Å². The van der Waals surface area contributed by atoms with Crippen molar-refractivity contribution in [1.29, 1.82) is 0 Å². The first kappa shape index (κ1) is 22.5. The monoisotopic (exact) mass is 438 g/mol. The summed E-state index contributed by atoms with van der Waals surface area (Å²) >= 11 is 0. The maximum Gasteiger partial charge on any atom is 0.240 e. The summed E-state index contributed by atoms with van der Waals surface area (Å²) in [6.07, 6.45) is 0.771. The molecule has 0 heterocycles. The number of carbonyl (C=O) groups excluding carboxylic acids is 1. The van der Waals surface area contributed by atoms with E-state index in [1.807, 2.05) is 55.5 Å². The van der Waals surface area contributed by atoms with Gasteiger partial charge in [0.15, 0.2) is 0 Å². The van der Waals surface area contributed by atoms with Crippen molar-refractivity contribution < 1.29 is 17.9 Å². The van der Waals surface area contributed by atoms with Crippen LogP contribution in [0.5, 0.6) is 5.75 Å². The number of ether oxygens (including phenoxy) is 1. The van der Waals surface area contributed by atoms with E-state index in [2.05, 4.69) is 10.0 Å². The molecular formula is C24H26N2O4S. The second-order valence-electron chi connectivity index (χ2n) is 7.21. The van der Waals surface area contributed by atoms with Gasteiger partial charge in [0.1, 0.15) is 5.75 Å². The van der Waals surface area contributed by atoms with Crippen LogP contribution in [-0.4, -0.2) is 21.4 Å². The molecule has 0 saturated heterocycles. The van der Waals surface area contributed by atoms with Crippen molar-refractivity contribution in [3.05, 3.63) is 89.5 Å². The maximum atomic E-state index is 12.5. The van der Waals surface area contributed by atoms with Crippen LogP contribution in [0.3, 0.4) is 0 Å². The Labute approximate surface area is 183 Å². The van der Waals surface area contributed by atoms with Gasteiger partial charge in [0.05, 0.1) is 17.7 Å². The molecule has 31 heavy (non-hydrogen) atoms. The van der Waals surface area contributed by atoms with Gasteiger partial charge in [0.25, 0.3) is 0 Å². The predicted molar refractivity (Wildman–Crippen MR) is 122 cm³/mol. The Balaban J connectivity index is 1.55. The maximum absolute atomic E-state index is 12.5. The van der Waals surface area contributed by atoms with Crippen LogP contribution >= 0.6 is 0 Å². The number of hydrogen-bond acceptors (Lipinski definition) is 4. The second kappa shape index (κ2) is 10.2. The molecule has 6 nitrogen and oxygen atoms in total. The highest BCUT2D eigenvalue weighted by molar-refractivity contribution is 7.89. The summed E-state index contributed by atoms with van der Waals surface area (Å²) in [6.45, 7) is 2.17. The zero-order valence-electron chi connectivity index (χ0n) is 17.6. The molecule has 3 aromatic carbocycles. The topological polar surface area (TPSA) is 84.5 Å². The number of hydrogen-bond donors (Lipinski definition) is 2. The van der Waals surface area contributed by atoms with Crippen LogP contribution in [0.2, 0.25) is 0 Å². The quantitative estimate of drug-likeness (QED) is 0.528. The molecule has 0 atom stereocenters. The van der Waals surface area contributed by atoms with E-state index in [0.717, 1.165) is 16.7 Å². The van der Waals surface area contributed by atoms with Crippen LogP contribution in [0.4, 0.5) is 5.69 Å². The minimum atomic E-state index is -3.60. The van der Waals surface area contributed by atoms with Gasteiger partial charge in [-0.1, -0.05) is 48.5 Å². The minimum Gasteiger partial charge on any atom is -0.495 e. The lowest BCUT2D eigenvalue weighted by atomic mass is 10.1. The largest absolute Gasteiger partial charge is 0.495 e. The van der Waals surface area contributed by atoms with Crippen molar-refractivity contribution in [1.82, 2.24) is 4.72 Å². The highest BCUT2D eigenvalue weighted by atomic mass is 32.2. The first-order valence-corrected chi connectivity index (χ1v) is 11.4. The Morgan fingerprint density at radius 3 is 2.32 bits per heavy atom. The smallest absolute Gasteiger partial charge is 0.240 e. The standard InChI is InChI=1S/C24H26N2O4S/c1-18-8-14-23(30-2)22(16-18)26-24(27)15-11-19-9-12-21(13-10-19)31(28,29)25-17-20-6-4-3-5-7-20/h3-10,12-14,16,25H,11,15,17H2,1-2H3,(H,26,27). The van der Waals surface area contributed by atoms with E-state index in [1.54, 1.807) is 31.4 Å². The molecule has 0 aliphatic carbocycles. The number of aryl methyl sites for hydroxylation is 2. The highest BCUT2D eigenvalue weighted by Crippen LogP contribution is 2.25. The number of amides is 1. The third-order valence-electron chi connectivity index (χ3n) is 4.81. The summed E-state index contributed by atoms with van der Waals surface area (Å²) in [5.41, 5.74) is 3.43. The van der Waals surface area contributed by atoms with E-state index in [1.165, 1.54) is 0 Å². The number of anilines is 1. The third-order valence-corrected chi connectivity index (χ3v) is 6.23. The van der Waals surface area contributed by atoms with Gasteiger partial charge in [-0.3, -0.25) is 4.79 Å². The molecule has 162 valence electrons. The van der Waals surface area contributed by atoms with Crippen molar-refractivity contribution in [2.24, 2.45) is 0 Å². The summed E-state index contributed by atoms with van der Waals surface area (Å²) in [4.78, 5) is 12.5. The molecule has 7 heteroatoms. The van der Waals surface area contributed by atoms with Crippen molar-refractivity contribution in [2.45, 2.75) is 31.2 Å². The Morgan fingerprint density at radius 2 is 1.65 bits per heavy atom. The van der Waals surface area contributed by atoms with E-state index in [9.17, 15) is 13.2 Å². The Kier molecular flexibility index (Phi) is 7.44. The molecule has 3 aromatic rings. The lowest BCUT2D eigenvalue weighted by molar-refractivity contribution is -0.116. The zero-order valence-corrected chi connectivity index (χ0v) is 18.4. The summed E-state index contributed by atoms with van der Waals surface area (Å²) in [5, 5.41) is 2.87. The zero-order chi connectivity index (χ0) is 22.3. The average Bonchev–Trinajstić information content (AvgIpc) is 2.77. The fourth-order valence-corrected chi connectivity index (χ4v) is 4.10. The number of nitrogens with one attached hydrogen (secondary N) is 2. The summed E-state index contributed by atoms with van der Waals surface area (Å²) in [7, 11) is -2.04. The highest BCUT2D eigenvalue weighted by Gasteiger charge is 2.14. The Bertz CT molecular complexity index is 1130. The van der Waals surface area contributed by atoms with E-state index in [4.69, 9.17) is 4.74 Å². The summed E-state index contributed by atoms with van der Waals surface area (Å²) in [6, 6.07) is 21.5. The van der Waals surface area contributed by atoms with Gasteiger partial charge in [0, 0.05) is 13.0 Å². The van der Waals surface area contributed by atoms with E-state index in [0.29, 0.717) is 17.9 Å². The van der Waals surface area contributed by atoms with Gasteiger partial charge in [-0.05, 0) is 54.3 Å². The molecule has 0 bridgehead atoms. The number of carbonyl (C=O) groups is 1. The average molecular weight is 439 g/mol. The molecule has 0 aliphatic heterocycles. The molecule has 0 saturated carbocycles. The molecule has 0 spiro atoms. The lowest BCUT2D eigenvalue weighted by Gasteiger charge is -2.11. The van der Waals surface area contributed by atoms with Crippen LogP contribution in [0.15, 0.2) is 77.7 Å². The molecule has 1 amide bonds. The predicted octanol–water partition coefficient (Wildman–Crippen LogP) is 4.05. The van der Waals surface area contributed by atoms with Gasteiger partial charge in [-0.2, -0.15) is 0 Å². The number of rotatable bonds is 9. The van der Waals surface area contributed by atoms with Crippen LogP contribution in [0.1, 0.15) is 23.1 Å². The van der Waals surface area contributed by atoms with Crippen molar-refractivity contribution in [2.75, 3.05) is 12.4 Å². The first-order chi connectivity index (χ1) is 14.9. The summed E-state index contributed by atoms with van der Waals surface area (Å²) < 4.78 is 32.9. The van der Waals surface area contributed by atoms with Crippen molar-refractivity contribution in [3.63, 3.8) is 0 Å². The number of sulfonamides is 1. The Hall–Kier alpha value is -3.16. The number of benzene rings is 3. The van der Waals surface area contributed by atoms with E-state index >= 15 is 0 Å². The van der Waals surface area contributed by atoms with Crippen molar-refractivity contribution >= 4 is 21.6 Å². The van der Waals surface area contributed by atoms with Gasteiger partial charge < -0.3 is 10.1 Å². The van der Waals surface area contributed by atoms with E-state index < -0.39 is 10.0 Å². The molecule has 0 fully saturated rings. The van der Waals surface area contributed by atoms with E-state index in [-0.39, 0.29) is 23.8 Å². The molecular weight excluding hydrogens is 412 g/mol. The summed E-state index contributed by atoms with van der Waals surface area (Å²) in [5.74, 6) is 0.474. The Morgan fingerprint density at radius 1 is 0.935 bits per heavy atom. The molecule has 0 aliphatic rings. The van der Waals surface area contributed by atoms with Crippen LogP contribution in [0, 0.1) is 6.92 Å². The number of methoxy groups -OCH3 is 1. The molecule has 0 radical (unpaired) electrons. The molecule has 2 N–H and O–H groups in total. The molecule has 3 rings (SSSR count). The van der Waals surface area contributed by atoms with Crippen molar-refractivity contribution in [3.8, 4) is 5.75 Å². The van der Waals surface area contributed by atoms with Gasteiger partial charge in [-0.15, -0.1) is 0 Å².